The minimum atomic E-state index is -7.25. The number of hydrogen-bond acceptors (Lipinski definition) is 1. The van der Waals surface area contributed by atoms with Crippen LogP contribution in [-0.4, -0.2) is 47.2 Å². The van der Waals surface area contributed by atoms with Gasteiger partial charge < -0.3 is 5.11 Å². The van der Waals surface area contributed by atoms with Gasteiger partial charge in [0.1, 0.15) is 0 Å². The van der Waals surface area contributed by atoms with E-state index in [9.17, 15) is 52.7 Å². The molecule has 0 fully saturated rings. The molecule has 0 aliphatic heterocycles. The fourth-order valence-corrected chi connectivity index (χ4v) is 1.33. The van der Waals surface area contributed by atoms with E-state index in [1.165, 1.54) is 0 Å². The summed E-state index contributed by atoms with van der Waals surface area (Å²) in [5.41, 5.74) is -13.3. The molecule has 0 bridgehead atoms. The van der Waals surface area contributed by atoms with Crippen molar-refractivity contribution in [2.24, 2.45) is 0 Å². The Morgan fingerprint density at radius 3 is 1.10 bits per heavy atom. The number of rotatable bonds is 3. The fraction of sp³-hybridized carbons (Fsp3) is 1.00. The van der Waals surface area contributed by atoms with Crippen LogP contribution in [0.25, 0.3) is 0 Å². The predicted octanol–water partition coefficient (Wildman–Crippen LogP) is 3.81. The summed E-state index contributed by atoms with van der Waals surface area (Å²) in [7, 11) is 0. The summed E-state index contributed by atoms with van der Waals surface area (Å²) in [5.74, 6) is 0. The second-order valence-electron chi connectivity index (χ2n) is 4.01. The van der Waals surface area contributed by atoms with Crippen LogP contribution in [0.4, 0.5) is 52.7 Å². The highest BCUT2D eigenvalue weighted by molar-refractivity contribution is 5.13. The Bertz CT molecular complexity index is 351. The van der Waals surface area contributed by atoms with Crippen molar-refractivity contribution in [1.82, 2.24) is 0 Å². The third-order valence-electron chi connectivity index (χ3n) is 2.59. The topological polar surface area (TPSA) is 20.2 Å². The third-order valence-corrected chi connectivity index (χ3v) is 2.59. The quantitative estimate of drug-likeness (QED) is 0.771. The van der Waals surface area contributed by atoms with Crippen LogP contribution in [0.1, 0.15) is 6.92 Å². The lowest BCUT2D eigenvalue weighted by Crippen LogP contribution is -2.70. The summed E-state index contributed by atoms with van der Waals surface area (Å²) >= 11 is 0. The van der Waals surface area contributed by atoms with E-state index in [0.717, 1.165) is 0 Å². The van der Waals surface area contributed by atoms with Crippen LogP contribution in [0.3, 0.4) is 0 Å². The van der Waals surface area contributed by atoms with Gasteiger partial charge in [-0.2, -0.15) is 39.5 Å². The van der Waals surface area contributed by atoms with Crippen molar-refractivity contribution in [3.8, 4) is 0 Å². The molecule has 0 rings (SSSR count). The second kappa shape index (κ2) is 5.09. The van der Waals surface area contributed by atoms with Gasteiger partial charge in [-0.3, -0.25) is 0 Å². The highest BCUT2D eigenvalue weighted by atomic mass is 19.4. The summed E-state index contributed by atoms with van der Waals surface area (Å²) in [6.45, 7) is -0.271. The van der Waals surface area contributed by atoms with Crippen molar-refractivity contribution >= 4 is 0 Å². The van der Waals surface area contributed by atoms with E-state index in [1.807, 2.05) is 0 Å². The van der Waals surface area contributed by atoms with Gasteiger partial charge in [0, 0.05) is 0 Å². The van der Waals surface area contributed by atoms with Crippen LogP contribution >= 0.6 is 0 Å². The summed E-state index contributed by atoms with van der Waals surface area (Å²) < 4.78 is 149. The van der Waals surface area contributed by atoms with Gasteiger partial charge in [0.15, 0.2) is 6.17 Å². The van der Waals surface area contributed by atoms with E-state index in [-0.39, 0.29) is 6.92 Å². The first-order chi connectivity index (χ1) is 8.85. The van der Waals surface area contributed by atoms with Gasteiger partial charge in [-0.15, -0.1) is 0 Å². The predicted molar refractivity (Wildman–Crippen MR) is 42.4 cm³/mol. The molecule has 0 amide bonds. The van der Waals surface area contributed by atoms with Crippen LogP contribution in [0.15, 0.2) is 0 Å². The molecule has 0 heterocycles. The lowest BCUT2D eigenvalue weighted by Gasteiger charge is -2.41. The van der Waals surface area contributed by atoms with Crippen molar-refractivity contribution in [3.63, 3.8) is 0 Å². The van der Waals surface area contributed by atoms with Crippen LogP contribution in [-0.2, 0) is 0 Å². The van der Waals surface area contributed by atoms with Crippen LogP contribution < -0.4 is 0 Å². The van der Waals surface area contributed by atoms with Crippen molar-refractivity contribution in [2.45, 2.75) is 49.1 Å². The minimum absolute atomic E-state index is 0.271. The number of alkyl halides is 12. The lowest BCUT2D eigenvalue weighted by atomic mass is 9.82. The van der Waals surface area contributed by atoms with Crippen LogP contribution in [0.2, 0.25) is 0 Å². The molecule has 21 heavy (non-hydrogen) atoms. The van der Waals surface area contributed by atoms with E-state index < -0.39 is 42.1 Å². The van der Waals surface area contributed by atoms with Gasteiger partial charge in [-0.05, 0) is 6.92 Å². The van der Waals surface area contributed by atoms with Gasteiger partial charge in [0.05, 0.1) is 6.10 Å². The van der Waals surface area contributed by atoms with Gasteiger partial charge in [0.2, 0.25) is 0 Å². The number of halogens is 12. The van der Waals surface area contributed by atoms with Crippen LogP contribution in [0, 0.1) is 0 Å². The van der Waals surface area contributed by atoms with Crippen molar-refractivity contribution < 1.29 is 57.8 Å². The van der Waals surface area contributed by atoms with Gasteiger partial charge in [-0.1, -0.05) is 0 Å². The molecule has 0 aromatic rings. The van der Waals surface area contributed by atoms with Crippen molar-refractivity contribution in [1.29, 1.82) is 0 Å². The van der Waals surface area contributed by atoms with E-state index in [4.69, 9.17) is 5.11 Å². The normalized spacial score (nSPS) is 20.9. The molecule has 3 atom stereocenters. The standard InChI is InChI=1S/C8H6F12O/c1-2(21)4(10,6(12,13)14)3(9)5(11,7(15,16)17)8(18,19)20/h2-3,21H,1H3. The number of aliphatic hydroxyl groups excluding tert-OH is 1. The molecule has 1 N–H and O–H groups in total. The fourth-order valence-electron chi connectivity index (χ4n) is 1.33. The van der Waals surface area contributed by atoms with Crippen molar-refractivity contribution in [2.75, 3.05) is 0 Å². The number of hydrogen-bond donors (Lipinski definition) is 1. The first kappa shape index (κ1) is 20.1. The molecule has 0 saturated heterocycles. The molecule has 128 valence electrons. The Kier molecular flexibility index (Phi) is 4.88. The highest BCUT2D eigenvalue weighted by Crippen LogP contribution is 2.55. The summed E-state index contributed by atoms with van der Waals surface area (Å²) in [4.78, 5) is 0. The lowest BCUT2D eigenvalue weighted by molar-refractivity contribution is -0.388. The zero-order valence-corrected chi connectivity index (χ0v) is 9.64. The van der Waals surface area contributed by atoms with Gasteiger partial charge >= 0.3 is 24.2 Å². The Labute approximate surface area is 108 Å². The zero-order chi connectivity index (χ0) is 17.7. The molecule has 0 saturated carbocycles. The van der Waals surface area contributed by atoms with Crippen molar-refractivity contribution in [3.05, 3.63) is 0 Å². The monoisotopic (exact) mass is 346 g/mol. The molecule has 1 nitrogen and oxygen atoms in total. The van der Waals surface area contributed by atoms with E-state index in [2.05, 4.69) is 0 Å². The maximum Gasteiger partial charge on any atom is 0.434 e. The molecular formula is C8H6F12O. The Morgan fingerprint density at radius 2 is 0.952 bits per heavy atom. The van der Waals surface area contributed by atoms with Gasteiger partial charge in [-0.25, -0.2) is 13.2 Å². The smallest absolute Gasteiger partial charge is 0.390 e. The molecule has 0 aromatic carbocycles. The van der Waals surface area contributed by atoms with E-state index in [1.54, 1.807) is 0 Å². The average Bonchev–Trinajstić information content (AvgIpc) is 2.20. The summed E-state index contributed by atoms with van der Waals surface area (Å²) in [5, 5.41) is 8.44. The number of aliphatic hydroxyl groups is 1. The molecule has 0 aliphatic rings. The highest BCUT2D eigenvalue weighted by Gasteiger charge is 2.84. The SMILES string of the molecule is CC(O)C(F)(C(F)C(F)(C(F)(F)F)C(F)(F)F)C(F)(F)F. The summed E-state index contributed by atoms with van der Waals surface area (Å²) in [6.07, 6.45) is -30.8. The molecule has 3 unspecified atom stereocenters. The molecule has 0 aliphatic carbocycles. The molecular weight excluding hydrogens is 340 g/mol. The zero-order valence-electron chi connectivity index (χ0n) is 9.64. The third kappa shape index (κ3) is 2.88. The minimum Gasteiger partial charge on any atom is -0.390 e. The average molecular weight is 346 g/mol. The maximum atomic E-state index is 13.4. The first-order valence-corrected chi connectivity index (χ1v) is 4.75. The molecule has 0 spiro atoms. The van der Waals surface area contributed by atoms with Crippen LogP contribution in [0.5, 0.6) is 0 Å². The molecule has 0 aromatic heterocycles. The second-order valence-corrected chi connectivity index (χ2v) is 4.01. The van der Waals surface area contributed by atoms with E-state index in [0.29, 0.717) is 0 Å². The first-order valence-electron chi connectivity index (χ1n) is 4.75. The Balaban J connectivity index is 6.32. The Hall–Kier alpha value is -0.880. The Morgan fingerprint density at radius 1 is 0.667 bits per heavy atom. The maximum absolute atomic E-state index is 13.4. The molecule has 0 radical (unpaired) electrons. The largest absolute Gasteiger partial charge is 0.434 e. The molecule has 13 heteroatoms. The van der Waals surface area contributed by atoms with Gasteiger partial charge in [0.25, 0.3) is 5.67 Å². The van der Waals surface area contributed by atoms with E-state index >= 15 is 0 Å². The summed E-state index contributed by atoms with van der Waals surface area (Å²) in [6, 6.07) is 0.